The molecule has 2 rings (SSSR count). The summed E-state index contributed by atoms with van der Waals surface area (Å²) in [6, 6.07) is 7.19. The monoisotopic (exact) mass is 380 g/mol. The Morgan fingerprint density at radius 3 is 2.62 bits per heavy atom. The van der Waals surface area contributed by atoms with Crippen LogP contribution in [-0.4, -0.2) is 59.8 Å². The van der Waals surface area contributed by atoms with E-state index in [9.17, 15) is 8.42 Å². The number of hydrogen-bond acceptors (Lipinski definition) is 6. The van der Waals surface area contributed by atoms with Gasteiger partial charge in [0.2, 0.25) is 10.0 Å². The van der Waals surface area contributed by atoms with Gasteiger partial charge in [-0.25, -0.2) is 13.6 Å². The van der Waals surface area contributed by atoms with E-state index in [0.29, 0.717) is 11.1 Å². The van der Waals surface area contributed by atoms with Gasteiger partial charge in [-0.2, -0.15) is 5.26 Å². The molecular formula is C18H28N4O3S. The average Bonchev–Trinajstić information content (AvgIpc) is 2.58. The van der Waals surface area contributed by atoms with E-state index in [4.69, 9.17) is 15.1 Å². The molecule has 26 heavy (non-hydrogen) atoms. The van der Waals surface area contributed by atoms with Gasteiger partial charge in [-0.1, -0.05) is 0 Å². The van der Waals surface area contributed by atoms with Gasteiger partial charge in [-0.3, -0.25) is 0 Å². The van der Waals surface area contributed by atoms with Crippen molar-refractivity contribution < 1.29 is 13.2 Å². The summed E-state index contributed by atoms with van der Waals surface area (Å²) in [7, 11) is 0.441. The Balaban J connectivity index is 1.97. The minimum absolute atomic E-state index is 0.244. The summed E-state index contributed by atoms with van der Waals surface area (Å²) in [5.41, 5.74) is 1.85. The van der Waals surface area contributed by atoms with Crippen molar-refractivity contribution in [2.24, 2.45) is 5.14 Å². The third kappa shape index (κ3) is 6.57. The van der Waals surface area contributed by atoms with Crippen molar-refractivity contribution in [3.63, 3.8) is 0 Å². The summed E-state index contributed by atoms with van der Waals surface area (Å²) >= 11 is 0. The highest BCUT2D eigenvalue weighted by atomic mass is 32.2. The van der Waals surface area contributed by atoms with Crippen molar-refractivity contribution in [1.82, 2.24) is 4.90 Å². The molecule has 1 aliphatic rings. The molecule has 0 unspecified atom stereocenters. The zero-order valence-corrected chi connectivity index (χ0v) is 16.3. The van der Waals surface area contributed by atoms with Crippen molar-refractivity contribution in [1.29, 1.82) is 5.26 Å². The number of primary sulfonamides is 1. The fourth-order valence-electron chi connectivity index (χ4n) is 3.19. The molecule has 1 heterocycles. The van der Waals surface area contributed by atoms with Gasteiger partial charge in [0.05, 0.1) is 23.5 Å². The number of hydrogen-bond donors (Lipinski definition) is 1. The van der Waals surface area contributed by atoms with Crippen molar-refractivity contribution in [3.8, 4) is 6.07 Å². The van der Waals surface area contributed by atoms with Gasteiger partial charge < -0.3 is 14.5 Å². The highest BCUT2D eigenvalue weighted by Crippen LogP contribution is 2.27. The van der Waals surface area contributed by atoms with Gasteiger partial charge in [-0.15, -0.1) is 0 Å². The third-order valence-corrected chi connectivity index (χ3v) is 5.16. The average molecular weight is 381 g/mol. The number of nitriles is 1. The van der Waals surface area contributed by atoms with Crippen LogP contribution in [0.15, 0.2) is 18.2 Å². The minimum Gasteiger partial charge on any atom is -0.378 e. The standard InChI is InChI=1S/C18H28N4O3S/c1-21(2)8-3-11-25-17-6-9-22(10-7-17)18-5-4-15(13-19)12-16(18)14-26(20,23)24/h4-5,12,17H,3,6-11,14H2,1-2H3,(H2,20,23,24). The molecule has 7 nitrogen and oxygen atoms in total. The Morgan fingerprint density at radius 1 is 1.35 bits per heavy atom. The number of nitrogens with zero attached hydrogens (tertiary/aromatic N) is 3. The molecule has 1 saturated heterocycles. The van der Waals surface area contributed by atoms with E-state index >= 15 is 0 Å². The lowest BCUT2D eigenvalue weighted by molar-refractivity contribution is 0.0333. The smallest absolute Gasteiger partial charge is 0.213 e. The zero-order valence-electron chi connectivity index (χ0n) is 15.5. The van der Waals surface area contributed by atoms with E-state index in [2.05, 4.69) is 23.9 Å². The summed E-state index contributed by atoms with van der Waals surface area (Å²) in [5.74, 6) is -0.265. The van der Waals surface area contributed by atoms with Crippen molar-refractivity contribution in [3.05, 3.63) is 29.3 Å². The van der Waals surface area contributed by atoms with Crippen molar-refractivity contribution in [2.75, 3.05) is 45.2 Å². The lowest BCUT2D eigenvalue weighted by Crippen LogP contribution is -2.38. The number of anilines is 1. The maximum Gasteiger partial charge on any atom is 0.213 e. The minimum atomic E-state index is -3.66. The third-order valence-electron chi connectivity index (χ3n) is 4.45. The molecule has 0 spiro atoms. The summed E-state index contributed by atoms with van der Waals surface area (Å²) in [6.45, 7) is 3.36. The fourth-order valence-corrected chi connectivity index (χ4v) is 3.85. The fraction of sp³-hybridized carbons (Fsp3) is 0.611. The zero-order chi connectivity index (χ0) is 19.2. The molecule has 0 radical (unpaired) electrons. The van der Waals surface area contributed by atoms with Crippen LogP contribution in [0.4, 0.5) is 5.69 Å². The van der Waals surface area contributed by atoms with Crippen LogP contribution in [0, 0.1) is 11.3 Å². The highest BCUT2D eigenvalue weighted by Gasteiger charge is 2.22. The first kappa shape index (κ1) is 20.6. The lowest BCUT2D eigenvalue weighted by atomic mass is 10.0. The predicted octanol–water partition coefficient (Wildman–Crippen LogP) is 1.28. The number of benzene rings is 1. The molecule has 1 aliphatic heterocycles. The molecule has 2 N–H and O–H groups in total. The van der Waals surface area contributed by atoms with E-state index in [1.54, 1.807) is 12.1 Å². The van der Waals surface area contributed by atoms with Gasteiger partial charge in [0.25, 0.3) is 0 Å². The van der Waals surface area contributed by atoms with E-state index < -0.39 is 10.0 Å². The Bertz CT molecular complexity index is 735. The summed E-state index contributed by atoms with van der Waals surface area (Å²) in [6.07, 6.45) is 3.06. The summed E-state index contributed by atoms with van der Waals surface area (Å²) in [5, 5.41) is 14.3. The first-order chi connectivity index (χ1) is 12.3. The molecule has 1 aromatic rings. The number of rotatable bonds is 8. The predicted molar refractivity (Wildman–Crippen MR) is 102 cm³/mol. The van der Waals surface area contributed by atoms with Gasteiger partial charge in [0, 0.05) is 25.4 Å². The Labute approximate surface area is 156 Å². The second-order valence-corrected chi connectivity index (χ2v) is 8.59. The van der Waals surface area contributed by atoms with Crippen LogP contribution in [0.25, 0.3) is 0 Å². The molecule has 0 aromatic heterocycles. The number of ether oxygens (including phenoxy) is 1. The number of piperidine rings is 1. The Hall–Kier alpha value is -1.66. The molecule has 1 fully saturated rings. The van der Waals surface area contributed by atoms with E-state index in [-0.39, 0.29) is 11.9 Å². The second-order valence-electron chi connectivity index (χ2n) is 6.98. The number of sulfonamides is 1. The van der Waals surface area contributed by atoms with Crippen LogP contribution in [0.1, 0.15) is 30.4 Å². The maximum atomic E-state index is 11.5. The topological polar surface area (TPSA) is 99.7 Å². The van der Waals surface area contributed by atoms with E-state index in [0.717, 1.165) is 51.2 Å². The molecule has 1 aromatic carbocycles. The summed E-state index contributed by atoms with van der Waals surface area (Å²) in [4.78, 5) is 4.30. The van der Waals surface area contributed by atoms with Gasteiger partial charge >= 0.3 is 0 Å². The molecule has 0 aliphatic carbocycles. The maximum absolute atomic E-state index is 11.5. The van der Waals surface area contributed by atoms with Gasteiger partial charge in [0.15, 0.2) is 0 Å². The Kier molecular flexibility index (Phi) is 7.41. The van der Waals surface area contributed by atoms with Crippen LogP contribution in [0.5, 0.6) is 0 Å². The number of nitrogens with two attached hydrogens (primary N) is 1. The normalized spacial score (nSPS) is 16.0. The molecule has 144 valence electrons. The first-order valence-corrected chi connectivity index (χ1v) is 10.5. The molecule has 0 atom stereocenters. The van der Waals surface area contributed by atoms with E-state index in [1.807, 2.05) is 12.1 Å². The molecule has 0 saturated carbocycles. The summed E-state index contributed by atoms with van der Waals surface area (Å²) < 4.78 is 29.0. The van der Waals surface area contributed by atoms with Crippen LogP contribution < -0.4 is 10.0 Å². The SMILES string of the molecule is CN(C)CCCOC1CCN(c2ccc(C#N)cc2CS(N)(=O)=O)CC1. The molecular weight excluding hydrogens is 352 g/mol. The van der Waals surface area contributed by atoms with Gasteiger partial charge in [0.1, 0.15) is 0 Å². The first-order valence-electron chi connectivity index (χ1n) is 8.83. The van der Waals surface area contributed by atoms with Crippen molar-refractivity contribution in [2.45, 2.75) is 31.1 Å². The molecule has 0 amide bonds. The van der Waals surface area contributed by atoms with Crippen LogP contribution in [-0.2, 0) is 20.5 Å². The lowest BCUT2D eigenvalue weighted by Gasteiger charge is -2.34. The quantitative estimate of drug-likeness (QED) is 0.682. The largest absolute Gasteiger partial charge is 0.378 e. The van der Waals surface area contributed by atoms with Crippen LogP contribution >= 0.6 is 0 Å². The highest BCUT2D eigenvalue weighted by molar-refractivity contribution is 7.88. The molecule has 8 heteroatoms. The Morgan fingerprint density at radius 2 is 2.04 bits per heavy atom. The van der Waals surface area contributed by atoms with E-state index in [1.165, 1.54) is 0 Å². The van der Waals surface area contributed by atoms with Gasteiger partial charge in [-0.05, 0) is 63.7 Å². The molecule has 0 bridgehead atoms. The van der Waals surface area contributed by atoms with Crippen LogP contribution in [0.2, 0.25) is 0 Å². The second kappa shape index (κ2) is 9.33. The van der Waals surface area contributed by atoms with Crippen LogP contribution in [0.3, 0.4) is 0 Å². The van der Waals surface area contributed by atoms with Crippen molar-refractivity contribution >= 4 is 15.7 Å².